The fourth-order valence-electron chi connectivity index (χ4n) is 2.31. The van der Waals surface area contributed by atoms with Crippen LogP contribution in [0.15, 0.2) is 84.9 Å². The van der Waals surface area contributed by atoms with E-state index in [-0.39, 0.29) is 0 Å². The summed E-state index contributed by atoms with van der Waals surface area (Å²) >= 11 is 0. The van der Waals surface area contributed by atoms with E-state index in [1.54, 1.807) is 12.1 Å². The van der Waals surface area contributed by atoms with Gasteiger partial charge in [-0.2, -0.15) is 15.8 Å². The van der Waals surface area contributed by atoms with Gasteiger partial charge >= 0.3 is 0 Å². The first-order chi connectivity index (χ1) is 13.3. The lowest BCUT2D eigenvalue weighted by Gasteiger charge is -1.99. The number of benzene rings is 3. The highest BCUT2D eigenvalue weighted by Gasteiger charge is 1.99. The van der Waals surface area contributed by atoms with Crippen molar-refractivity contribution < 1.29 is 0 Å². The molecule has 27 heavy (non-hydrogen) atoms. The van der Waals surface area contributed by atoms with Crippen LogP contribution in [0.5, 0.6) is 0 Å². The van der Waals surface area contributed by atoms with Crippen molar-refractivity contribution >= 4 is 11.6 Å². The maximum absolute atomic E-state index is 9.17. The molecule has 0 heterocycles. The third-order valence-electron chi connectivity index (χ3n) is 3.68. The molecule has 0 bridgehead atoms. The van der Waals surface area contributed by atoms with Gasteiger partial charge in [-0.05, 0) is 34.9 Å². The Hall–Kier alpha value is -4.13. The fourth-order valence-corrected chi connectivity index (χ4v) is 2.31. The van der Waals surface area contributed by atoms with Crippen LogP contribution in [0.4, 0.5) is 0 Å². The molecule has 3 heteroatoms. The lowest BCUT2D eigenvalue weighted by Crippen LogP contribution is -1.81. The largest absolute Gasteiger partial charge is 0.198 e. The van der Waals surface area contributed by atoms with Crippen molar-refractivity contribution in [2.45, 2.75) is 6.42 Å². The first-order valence-corrected chi connectivity index (χ1v) is 8.35. The Morgan fingerprint density at radius 2 is 1.33 bits per heavy atom. The highest BCUT2D eigenvalue weighted by atomic mass is 14.2. The van der Waals surface area contributed by atoms with Gasteiger partial charge in [-0.25, -0.2) is 0 Å². The van der Waals surface area contributed by atoms with E-state index < -0.39 is 0 Å². The highest BCUT2D eigenvalue weighted by molar-refractivity contribution is 5.89. The molecule has 3 aromatic rings. The molecular weight excluding hydrogens is 330 g/mol. The normalized spacial score (nSPS) is 9.74. The van der Waals surface area contributed by atoms with Gasteiger partial charge in [0.05, 0.1) is 35.8 Å². The van der Waals surface area contributed by atoms with Crippen LogP contribution in [-0.2, 0) is 6.42 Å². The van der Waals surface area contributed by atoms with E-state index in [4.69, 9.17) is 10.5 Å². The van der Waals surface area contributed by atoms with Gasteiger partial charge in [0.15, 0.2) is 0 Å². The van der Waals surface area contributed by atoms with Gasteiger partial charge in [-0.15, -0.1) is 0 Å². The first-order valence-electron chi connectivity index (χ1n) is 8.35. The smallest absolute Gasteiger partial charge is 0.0998 e. The molecule has 3 aromatic carbocycles. The van der Waals surface area contributed by atoms with Crippen LogP contribution >= 0.6 is 0 Å². The average molecular weight is 347 g/mol. The number of hydrogen-bond donors (Lipinski definition) is 0. The van der Waals surface area contributed by atoms with E-state index in [1.807, 2.05) is 78.9 Å². The van der Waals surface area contributed by atoms with Crippen LogP contribution in [-0.4, -0.2) is 0 Å². The molecule has 3 nitrogen and oxygen atoms in total. The number of hydrogen-bond acceptors (Lipinski definition) is 3. The van der Waals surface area contributed by atoms with Crippen LogP contribution in [0, 0.1) is 34.0 Å². The van der Waals surface area contributed by atoms with Crippen LogP contribution in [0.25, 0.3) is 11.6 Å². The van der Waals surface area contributed by atoms with E-state index in [9.17, 15) is 5.26 Å². The highest BCUT2D eigenvalue weighted by Crippen LogP contribution is 2.17. The van der Waals surface area contributed by atoms with Crippen molar-refractivity contribution in [3.63, 3.8) is 0 Å². The molecule has 0 fully saturated rings. The molecule has 0 unspecified atom stereocenters. The number of allylic oxidation sites excluding steroid dienone is 1. The van der Waals surface area contributed by atoms with E-state index in [1.165, 1.54) is 0 Å². The molecule has 0 N–H and O–H groups in total. The molecule has 0 saturated heterocycles. The van der Waals surface area contributed by atoms with Gasteiger partial charge in [0.2, 0.25) is 0 Å². The van der Waals surface area contributed by atoms with E-state index in [0.29, 0.717) is 17.6 Å². The SMILES string of the molecule is N#C/C(=C\c1ccc(C#N)cc1)c1ccccc1.N#CCc1ccccc1. The fraction of sp³-hybridized carbons (Fsp3) is 0.0417. The molecule has 0 spiro atoms. The Balaban J connectivity index is 0.000000244. The van der Waals surface area contributed by atoms with Gasteiger partial charge in [-0.3, -0.25) is 0 Å². The maximum atomic E-state index is 9.17. The molecule has 0 atom stereocenters. The monoisotopic (exact) mass is 347 g/mol. The molecular formula is C24H17N3. The van der Waals surface area contributed by atoms with E-state index in [2.05, 4.69) is 18.2 Å². The van der Waals surface area contributed by atoms with Crippen molar-refractivity contribution in [2.24, 2.45) is 0 Å². The number of nitriles is 3. The summed E-state index contributed by atoms with van der Waals surface area (Å²) in [6.07, 6.45) is 2.33. The van der Waals surface area contributed by atoms with Crippen LogP contribution in [0.2, 0.25) is 0 Å². The molecule has 0 radical (unpaired) electrons. The van der Waals surface area contributed by atoms with Gasteiger partial charge in [0, 0.05) is 0 Å². The lowest BCUT2D eigenvalue weighted by atomic mass is 10.0. The zero-order chi connectivity index (χ0) is 19.3. The second kappa shape index (κ2) is 10.7. The Morgan fingerprint density at radius 1 is 0.741 bits per heavy atom. The van der Waals surface area contributed by atoms with Gasteiger partial charge < -0.3 is 0 Å². The summed E-state index contributed by atoms with van der Waals surface area (Å²) in [7, 11) is 0. The molecule has 0 aliphatic carbocycles. The van der Waals surface area contributed by atoms with E-state index >= 15 is 0 Å². The minimum absolute atomic E-state index is 0.515. The summed E-state index contributed by atoms with van der Waals surface area (Å²) in [5.74, 6) is 0. The maximum Gasteiger partial charge on any atom is 0.0998 e. The Bertz CT molecular complexity index is 998. The Morgan fingerprint density at radius 3 is 1.85 bits per heavy atom. The van der Waals surface area contributed by atoms with Crippen molar-refractivity contribution in [3.05, 3.63) is 107 Å². The third kappa shape index (κ3) is 6.35. The zero-order valence-corrected chi connectivity index (χ0v) is 14.7. The second-order valence-corrected chi connectivity index (χ2v) is 5.59. The minimum atomic E-state index is 0.515. The van der Waals surface area contributed by atoms with Gasteiger partial charge in [-0.1, -0.05) is 72.8 Å². The van der Waals surface area contributed by atoms with Crippen LogP contribution in [0.1, 0.15) is 22.3 Å². The average Bonchev–Trinajstić information content (AvgIpc) is 2.74. The van der Waals surface area contributed by atoms with Crippen molar-refractivity contribution in [3.8, 4) is 18.2 Å². The second-order valence-electron chi connectivity index (χ2n) is 5.59. The summed E-state index contributed by atoms with van der Waals surface area (Å²) in [6, 6.07) is 32.7. The topological polar surface area (TPSA) is 71.4 Å². The Labute approximate surface area is 159 Å². The number of rotatable bonds is 3. The van der Waals surface area contributed by atoms with Crippen molar-refractivity contribution in [1.29, 1.82) is 15.8 Å². The lowest BCUT2D eigenvalue weighted by molar-refractivity contribution is 1.26. The number of nitrogens with zero attached hydrogens (tertiary/aromatic N) is 3. The summed E-state index contributed by atoms with van der Waals surface area (Å²) in [4.78, 5) is 0. The van der Waals surface area contributed by atoms with Crippen molar-refractivity contribution in [1.82, 2.24) is 0 Å². The molecule has 0 saturated carbocycles. The van der Waals surface area contributed by atoms with Crippen LogP contribution < -0.4 is 0 Å². The van der Waals surface area contributed by atoms with Crippen LogP contribution in [0.3, 0.4) is 0 Å². The molecule has 0 amide bonds. The van der Waals surface area contributed by atoms with E-state index in [0.717, 1.165) is 16.7 Å². The zero-order valence-electron chi connectivity index (χ0n) is 14.7. The molecule has 0 aromatic heterocycles. The predicted molar refractivity (Wildman–Crippen MR) is 107 cm³/mol. The Kier molecular flexibility index (Phi) is 7.59. The minimum Gasteiger partial charge on any atom is -0.198 e. The predicted octanol–water partition coefficient (Wildman–Crippen LogP) is 5.38. The standard InChI is InChI=1S/C16H10N2.C8H7N/c17-11-14-8-6-13(7-9-14)10-16(12-18)15-4-2-1-3-5-15;9-7-6-8-4-2-1-3-5-8/h1-10H;1-5H,6H2/b16-10+;. The quantitative estimate of drug-likeness (QED) is 0.472. The molecule has 3 rings (SSSR count). The first kappa shape index (κ1) is 19.2. The van der Waals surface area contributed by atoms with Crippen molar-refractivity contribution in [2.75, 3.05) is 0 Å². The molecule has 128 valence electrons. The molecule has 0 aliphatic heterocycles. The third-order valence-corrected chi connectivity index (χ3v) is 3.68. The summed E-state index contributed by atoms with van der Waals surface area (Å²) in [6.45, 7) is 0. The summed E-state index contributed by atoms with van der Waals surface area (Å²) in [5.41, 5.74) is 4.12. The molecule has 0 aliphatic rings. The van der Waals surface area contributed by atoms with Gasteiger partial charge in [0.1, 0.15) is 0 Å². The summed E-state index contributed by atoms with van der Waals surface area (Å²) < 4.78 is 0. The van der Waals surface area contributed by atoms with Gasteiger partial charge in [0.25, 0.3) is 0 Å². The summed E-state index contributed by atoms with van der Waals surface area (Å²) in [5, 5.41) is 26.2.